The average molecular weight is 419 g/mol. The number of esters is 1. The molecule has 1 aromatic heterocycles. The number of anilines is 1. The number of thiophene rings is 1. The van der Waals surface area contributed by atoms with Crippen LogP contribution in [0.4, 0.5) is 10.7 Å². The van der Waals surface area contributed by atoms with Crippen molar-refractivity contribution in [3.63, 3.8) is 0 Å². The zero-order valence-corrected chi connectivity index (χ0v) is 17.2. The molecule has 2 amide bonds. The van der Waals surface area contributed by atoms with Crippen LogP contribution >= 0.6 is 11.3 Å². The molecule has 1 aromatic carbocycles. The molecule has 0 aliphatic carbocycles. The second-order valence-corrected chi connectivity index (χ2v) is 8.22. The van der Waals surface area contributed by atoms with E-state index in [1.807, 2.05) is 20.8 Å². The minimum absolute atomic E-state index is 0.0432. The number of nitrogens with one attached hydrogen (secondary N) is 1. The number of hydrogen-bond donors (Lipinski definition) is 2. The third kappa shape index (κ3) is 5.17. The van der Waals surface area contributed by atoms with E-state index in [1.54, 1.807) is 5.38 Å². The average Bonchev–Trinajstić information content (AvgIpc) is 3.08. The smallest absolute Gasteiger partial charge is 0.339 e. The van der Waals surface area contributed by atoms with E-state index in [-0.39, 0.29) is 21.8 Å². The van der Waals surface area contributed by atoms with Gasteiger partial charge in [-0.3, -0.25) is 19.7 Å². The van der Waals surface area contributed by atoms with Gasteiger partial charge in [0, 0.05) is 11.6 Å². The van der Waals surface area contributed by atoms with E-state index in [4.69, 9.17) is 10.5 Å². The Morgan fingerprint density at radius 2 is 1.90 bits per heavy atom. The maximum absolute atomic E-state index is 12.4. The Labute approximate surface area is 171 Å². The topological polar surface area (TPSA) is 142 Å². The van der Waals surface area contributed by atoms with Gasteiger partial charge in [0.1, 0.15) is 5.00 Å². The van der Waals surface area contributed by atoms with Crippen LogP contribution < -0.4 is 11.1 Å². The second kappa shape index (κ2) is 8.39. The number of hydrogen-bond acceptors (Lipinski definition) is 7. The first kappa shape index (κ1) is 22.0. The van der Waals surface area contributed by atoms with Crippen molar-refractivity contribution in [2.24, 2.45) is 5.73 Å². The predicted octanol–water partition coefficient (Wildman–Crippen LogP) is 3.24. The summed E-state index contributed by atoms with van der Waals surface area (Å²) >= 11 is 1.10. The van der Waals surface area contributed by atoms with Gasteiger partial charge in [0.25, 0.3) is 17.5 Å². The Bertz CT molecular complexity index is 977. The molecule has 0 aliphatic rings. The summed E-state index contributed by atoms with van der Waals surface area (Å²) < 4.78 is 5.12. The van der Waals surface area contributed by atoms with Crippen molar-refractivity contribution in [1.82, 2.24) is 0 Å². The zero-order valence-electron chi connectivity index (χ0n) is 16.3. The summed E-state index contributed by atoms with van der Waals surface area (Å²) in [5, 5.41) is 15.7. The third-order valence-corrected chi connectivity index (χ3v) is 4.89. The van der Waals surface area contributed by atoms with Gasteiger partial charge in [-0.15, -0.1) is 11.3 Å². The lowest BCUT2D eigenvalue weighted by Gasteiger charge is -2.19. The highest BCUT2D eigenvalue weighted by Crippen LogP contribution is 2.32. The molecule has 0 spiro atoms. The lowest BCUT2D eigenvalue weighted by molar-refractivity contribution is -0.386. The number of amides is 2. The van der Waals surface area contributed by atoms with Crippen LogP contribution in [0.1, 0.15) is 54.0 Å². The summed E-state index contributed by atoms with van der Waals surface area (Å²) in [4.78, 5) is 46.8. The van der Waals surface area contributed by atoms with Gasteiger partial charge in [-0.05, 0) is 29.9 Å². The first-order chi connectivity index (χ1) is 13.4. The Hall–Kier alpha value is -3.27. The lowest BCUT2D eigenvalue weighted by atomic mass is 9.85. The molecule has 9 nitrogen and oxygen atoms in total. The van der Waals surface area contributed by atoms with Gasteiger partial charge in [-0.1, -0.05) is 26.8 Å². The number of benzene rings is 1. The Balaban J connectivity index is 2.16. The zero-order chi connectivity index (χ0) is 21.9. The Morgan fingerprint density at radius 1 is 1.24 bits per heavy atom. The molecule has 2 rings (SSSR count). The molecule has 0 radical (unpaired) electrons. The molecule has 0 aliphatic heterocycles. The standard InChI is InChI=1S/C19H21N3O6S/c1-10(16(24)21-17-12(15(20)23)7-8-29-17)28-18(25)11-5-6-13(19(2,3)4)14(9-11)22(26)27/h5-10H,1-4H3,(H2,20,23)(H,21,24). The van der Waals surface area contributed by atoms with Gasteiger partial charge in [0.05, 0.1) is 16.1 Å². The number of primary amides is 1. The molecular weight excluding hydrogens is 398 g/mol. The van der Waals surface area contributed by atoms with Gasteiger partial charge in [-0.25, -0.2) is 4.79 Å². The van der Waals surface area contributed by atoms with Crippen molar-refractivity contribution in [1.29, 1.82) is 0 Å². The van der Waals surface area contributed by atoms with Crippen LogP contribution in [0.5, 0.6) is 0 Å². The molecule has 1 heterocycles. The molecular formula is C19H21N3O6S. The quantitative estimate of drug-likeness (QED) is 0.418. The molecule has 0 fully saturated rings. The third-order valence-electron chi connectivity index (χ3n) is 4.06. The molecule has 10 heteroatoms. The summed E-state index contributed by atoms with van der Waals surface area (Å²) in [6, 6.07) is 5.53. The van der Waals surface area contributed by atoms with Crippen LogP contribution in [0.25, 0.3) is 0 Å². The number of carbonyl (C=O) groups excluding carboxylic acids is 3. The highest BCUT2D eigenvalue weighted by atomic mass is 32.1. The molecule has 0 saturated heterocycles. The molecule has 0 bridgehead atoms. The first-order valence-electron chi connectivity index (χ1n) is 8.60. The van der Waals surface area contributed by atoms with Crippen LogP contribution in [0.15, 0.2) is 29.6 Å². The molecule has 29 heavy (non-hydrogen) atoms. The highest BCUT2D eigenvalue weighted by Gasteiger charge is 2.27. The van der Waals surface area contributed by atoms with Crippen LogP contribution in [0, 0.1) is 10.1 Å². The van der Waals surface area contributed by atoms with Crippen molar-refractivity contribution in [3.8, 4) is 0 Å². The summed E-state index contributed by atoms with van der Waals surface area (Å²) in [6.45, 7) is 6.82. The summed E-state index contributed by atoms with van der Waals surface area (Å²) in [7, 11) is 0. The normalized spacial score (nSPS) is 12.1. The van der Waals surface area contributed by atoms with Crippen molar-refractivity contribution in [2.45, 2.75) is 39.2 Å². The fourth-order valence-corrected chi connectivity index (χ4v) is 3.33. The van der Waals surface area contributed by atoms with Crippen molar-refractivity contribution in [2.75, 3.05) is 5.32 Å². The van der Waals surface area contributed by atoms with E-state index in [1.165, 1.54) is 25.1 Å². The minimum atomic E-state index is -1.20. The van der Waals surface area contributed by atoms with Crippen LogP contribution in [-0.4, -0.2) is 28.8 Å². The fourth-order valence-electron chi connectivity index (χ4n) is 2.54. The highest BCUT2D eigenvalue weighted by molar-refractivity contribution is 7.14. The van der Waals surface area contributed by atoms with Crippen LogP contribution in [0.2, 0.25) is 0 Å². The maximum atomic E-state index is 12.4. The van der Waals surface area contributed by atoms with E-state index in [2.05, 4.69) is 5.32 Å². The molecule has 1 unspecified atom stereocenters. The van der Waals surface area contributed by atoms with Crippen LogP contribution in [-0.2, 0) is 14.9 Å². The fraction of sp³-hybridized carbons (Fsp3) is 0.316. The van der Waals surface area contributed by atoms with E-state index in [0.717, 1.165) is 17.4 Å². The van der Waals surface area contributed by atoms with E-state index in [0.29, 0.717) is 5.56 Å². The number of nitrogens with zero attached hydrogens (tertiary/aromatic N) is 1. The van der Waals surface area contributed by atoms with E-state index in [9.17, 15) is 24.5 Å². The molecule has 0 saturated carbocycles. The molecule has 3 N–H and O–H groups in total. The number of nitro benzene ring substituents is 1. The number of nitrogens with two attached hydrogens (primary N) is 1. The number of ether oxygens (including phenoxy) is 1. The van der Waals surface area contributed by atoms with Crippen molar-refractivity contribution in [3.05, 3.63) is 56.5 Å². The Morgan fingerprint density at radius 3 is 2.45 bits per heavy atom. The molecule has 154 valence electrons. The molecule has 2 aromatic rings. The SMILES string of the molecule is CC(OC(=O)c1ccc(C(C)(C)C)c([N+](=O)[O-])c1)C(=O)Nc1sccc1C(N)=O. The van der Waals surface area contributed by atoms with Gasteiger partial charge in [-0.2, -0.15) is 0 Å². The van der Waals surface area contributed by atoms with Crippen molar-refractivity contribution < 1.29 is 24.0 Å². The van der Waals surface area contributed by atoms with Crippen LogP contribution in [0.3, 0.4) is 0 Å². The monoisotopic (exact) mass is 419 g/mol. The van der Waals surface area contributed by atoms with E-state index < -0.39 is 34.2 Å². The first-order valence-corrected chi connectivity index (χ1v) is 9.48. The maximum Gasteiger partial charge on any atom is 0.339 e. The predicted molar refractivity (Wildman–Crippen MR) is 108 cm³/mol. The van der Waals surface area contributed by atoms with Gasteiger partial charge < -0.3 is 15.8 Å². The lowest BCUT2D eigenvalue weighted by Crippen LogP contribution is -2.30. The van der Waals surface area contributed by atoms with Gasteiger partial charge in [0.2, 0.25) is 0 Å². The summed E-state index contributed by atoms with van der Waals surface area (Å²) in [6.07, 6.45) is -1.20. The molecule has 1 atom stereocenters. The largest absolute Gasteiger partial charge is 0.449 e. The van der Waals surface area contributed by atoms with E-state index >= 15 is 0 Å². The number of nitro groups is 1. The summed E-state index contributed by atoms with van der Waals surface area (Å²) in [5.74, 6) is -2.24. The second-order valence-electron chi connectivity index (χ2n) is 7.30. The van der Waals surface area contributed by atoms with Gasteiger partial charge in [0.15, 0.2) is 6.10 Å². The summed E-state index contributed by atoms with van der Waals surface area (Å²) in [5.41, 5.74) is 5.11. The van der Waals surface area contributed by atoms with Crippen molar-refractivity contribution >= 4 is 39.8 Å². The van der Waals surface area contributed by atoms with Gasteiger partial charge >= 0.3 is 5.97 Å². The Kier molecular flexibility index (Phi) is 6.38. The number of rotatable bonds is 6. The minimum Gasteiger partial charge on any atom is -0.449 e. The number of carbonyl (C=O) groups is 3.